The highest BCUT2D eigenvalue weighted by Crippen LogP contribution is 2.33. The number of aliphatic carboxylic acids is 1. The average molecular weight is 389 g/mol. The number of nitrogens with zero attached hydrogens (tertiary/aromatic N) is 3. The second-order valence-corrected chi connectivity index (χ2v) is 8.53. The maximum atomic E-state index is 10.9. The lowest BCUT2D eigenvalue weighted by molar-refractivity contribution is -0.301. The normalized spacial score (nSPS) is 11.9. The highest BCUT2D eigenvalue weighted by molar-refractivity contribution is 7.99. The summed E-state index contributed by atoms with van der Waals surface area (Å²) >= 11 is 7.20. The molecule has 0 radical (unpaired) electrons. The van der Waals surface area contributed by atoms with Crippen molar-refractivity contribution in [1.29, 1.82) is 0 Å². The van der Waals surface area contributed by atoms with Crippen LogP contribution in [0.1, 0.15) is 32.2 Å². The van der Waals surface area contributed by atoms with Gasteiger partial charge < -0.3 is 9.90 Å². The minimum atomic E-state index is -1.11. The molecule has 0 aliphatic carbocycles. The van der Waals surface area contributed by atoms with Crippen LogP contribution in [0.15, 0.2) is 35.4 Å². The van der Waals surface area contributed by atoms with E-state index < -0.39 is 5.97 Å². The molecule has 1 aromatic carbocycles. The Balaban J connectivity index is 2.26. The first kappa shape index (κ1) is 18.7. The molecule has 0 aliphatic rings. The number of hydrogen-bond donors (Lipinski definition) is 0. The van der Waals surface area contributed by atoms with Crippen molar-refractivity contribution >= 4 is 35.0 Å². The fourth-order valence-corrected chi connectivity index (χ4v) is 3.51. The quantitative estimate of drug-likeness (QED) is 0.505. The Morgan fingerprint density at radius 2 is 1.92 bits per heavy atom. The molecule has 0 unspecified atom stereocenters. The van der Waals surface area contributed by atoms with E-state index in [0.717, 1.165) is 27.5 Å². The van der Waals surface area contributed by atoms with Crippen LogP contribution < -0.4 is 5.11 Å². The van der Waals surface area contributed by atoms with Crippen LogP contribution in [-0.4, -0.2) is 26.3 Å². The number of carboxylic acids is 1. The van der Waals surface area contributed by atoms with Gasteiger partial charge in [-0.2, -0.15) is 5.10 Å². The monoisotopic (exact) mass is 388 g/mol. The van der Waals surface area contributed by atoms with Gasteiger partial charge in [0.15, 0.2) is 5.65 Å². The Hall–Kier alpha value is -2.05. The van der Waals surface area contributed by atoms with Gasteiger partial charge in [0.05, 0.1) is 17.4 Å². The fourth-order valence-electron chi connectivity index (χ4n) is 2.67. The molecule has 0 aliphatic heterocycles. The molecule has 136 valence electrons. The first-order chi connectivity index (χ1) is 12.2. The lowest BCUT2D eigenvalue weighted by Gasteiger charge is -2.19. The topological polar surface area (TPSA) is 70.3 Å². The number of rotatable bonds is 4. The van der Waals surface area contributed by atoms with Gasteiger partial charge in [0.1, 0.15) is 5.03 Å². The molecule has 3 aromatic rings. The van der Waals surface area contributed by atoms with E-state index in [0.29, 0.717) is 10.7 Å². The fraction of sp³-hybridized carbons (Fsp3) is 0.316. The predicted octanol–water partition coefficient (Wildman–Crippen LogP) is 3.50. The minimum Gasteiger partial charge on any atom is -0.549 e. The van der Waals surface area contributed by atoms with Gasteiger partial charge in [-0.25, -0.2) is 9.50 Å². The molecule has 5 nitrogen and oxygen atoms in total. The highest BCUT2D eigenvalue weighted by atomic mass is 35.5. The van der Waals surface area contributed by atoms with Crippen molar-refractivity contribution in [2.24, 2.45) is 0 Å². The van der Waals surface area contributed by atoms with E-state index >= 15 is 0 Å². The van der Waals surface area contributed by atoms with Crippen LogP contribution in [0.4, 0.5) is 0 Å². The maximum Gasteiger partial charge on any atom is 0.164 e. The van der Waals surface area contributed by atoms with E-state index in [1.54, 1.807) is 4.52 Å². The summed E-state index contributed by atoms with van der Waals surface area (Å²) < 4.78 is 1.71. The molecule has 7 heteroatoms. The zero-order valence-corrected chi connectivity index (χ0v) is 16.6. The Morgan fingerprint density at radius 1 is 1.27 bits per heavy atom. The van der Waals surface area contributed by atoms with Crippen molar-refractivity contribution in [3.63, 3.8) is 0 Å². The van der Waals surface area contributed by atoms with Crippen LogP contribution in [0.3, 0.4) is 0 Å². The summed E-state index contributed by atoms with van der Waals surface area (Å²) in [6, 6.07) is 9.44. The van der Waals surface area contributed by atoms with Crippen molar-refractivity contribution in [3.05, 3.63) is 46.7 Å². The number of benzene rings is 1. The number of hydrogen-bond acceptors (Lipinski definition) is 5. The third-order valence-corrected chi connectivity index (χ3v) is 5.19. The van der Waals surface area contributed by atoms with Crippen LogP contribution in [-0.2, 0) is 10.2 Å². The lowest BCUT2D eigenvalue weighted by atomic mass is 9.92. The molecular formula is C19H19ClN3O2S-. The SMILES string of the molecule is Cc1nn2c(SCC(=O)[O-])cc(C(C)(C)C)nc2c1-c1ccc(Cl)cc1. The van der Waals surface area contributed by atoms with Crippen LogP contribution in [0.25, 0.3) is 16.8 Å². The number of aryl methyl sites for hydroxylation is 1. The summed E-state index contributed by atoms with van der Waals surface area (Å²) in [7, 11) is 0. The summed E-state index contributed by atoms with van der Waals surface area (Å²) in [6.45, 7) is 8.14. The Morgan fingerprint density at radius 3 is 2.50 bits per heavy atom. The van der Waals surface area contributed by atoms with E-state index in [4.69, 9.17) is 16.6 Å². The molecule has 0 saturated carbocycles. The number of halogens is 1. The van der Waals surface area contributed by atoms with Gasteiger partial charge in [-0.05, 0) is 30.7 Å². The third kappa shape index (κ3) is 3.71. The summed E-state index contributed by atoms with van der Waals surface area (Å²) in [6.07, 6.45) is 0. The zero-order chi connectivity index (χ0) is 19.1. The number of aromatic nitrogens is 3. The molecule has 0 saturated heterocycles. The predicted molar refractivity (Wildman–Crippen MR) is 103 cm³/mol. The molecule has 0 bridgehead atoms. The molecule has 0 N–H and O–H groups in total. The molecule has 26 heavy (non-hydrogen) atoms. The van der Waals surface area contributed by atoms with Crippen LogP contribution in [0, 0.1) is 6.92 Å². The molecule has 2 heterocycles. The number of thioether (sulfide) groups is 1. The van der Waals surface area contributed by atoms with E-state index in [1.807, 2.05) is 37.3 Å². The second-order valence-electron chi connectivity index (χ2n) is 7.09. The van der Waals surface area contributed by atoms with E-state index in [9.17, 15) is 9.90 Å². The van der Waals surface area contributed by atoms with Gasteiger partial charge in [0, 0.05) is 21.8 Å². The Kier molecular flexibility index (Phi) is 4.99. The Bertz CT molecular complexity index is 975. The number of carbonyl (C=O) groups is 1. The molecule has 0 atom stereocenters. The summed E-state index contributed by atoms with van der Waals surface area (Å²) in [4.78, 5) is 15.8. The van der Waals surface area contributed by atoms with Crippen molar-refractivity contribution in [1.82, 2.24) is 14.6 Å². The smallest absolute Gasteiger partial charge is 0.164 e. The lowest BCUT2D eigenvalue weighted by Crippen LogP contribution is -2.24. The molecule has 3 rings (SSSR count). The van der Waals surface area contributed by atoms with Crippen molar-refractivity contribution in [3.8, 4) is 11.1 Å². The number of fused-ring (bicyclic) bond motifs is 1. The molecular weight excluding hydrogens is 370 g/mol. The molecule has 0 amide bonds. The van der Waals surface area contributed by atoms with Gasteiger partial charge in [-0.15, -0.1) is 11.8 Å². The summed E-state index contributed by atoms with van der Waals surface area (Å²) in [5, 5.41) is 16.9. The largest absolute Gasteiger partial charge is 0.549 e. The number of carboxylic acid groups (broad SMARTS) is 1. The minimum absolute atomic E-state index is 0.141. The summed E-state index contributed by atoms with van der Waals surface area (Å²) in [5.74, 6) is -1.25. The summed E-state index contributed by atoms with van der Waals surface area (Å²) in [5.41, 5.74) is 4.10. The van der Waals surface area contributed by atoms with Crippen LogP contribution in [0.2, 0.25) is 5.02 Å². The molecule has 2 aromatic heterocycles. The third-order valence-electron chi connectivity index (χ3n) is 3.97. The van der Waals surface area contributed by atoms with Gasteiger partial charge in [-0.3, -0.25) is 0 Å². The standard InChI is InChI=1S/C19H20ClN3O2S/c1-11-17(12-5-7-13(20)8-6-12)18-21-14(19(2,3)4)9-15(23(18)22-11)26-10-16(24)25/h5-9H,10H2,1-4H3,(H,24,25)/p-1. The van der Waals surface area contributed by atoms with Gasteiger partial charge in [0.25, 0.3) is 0 Å². The van der Waals surface area contributed by atoms with E-state index in [-0.39, 0.29) is 11.2 Å². The van der Waals surface area contributed by atoms with E-state index in [1.165, 1.54) is 11.8 Å². The zero-order valence-electron chi connectivity index (χ0n) is 15.0. The van der Waals surface area contributed by atoms with Crippen molar-refractivity contribution < 1.29 is 9.90 Å². The Labute approximate surface area is 161 Å². The maximum absolute atomic E-state index is 10.9. The van der Waals surface area contributed by atoms with Gasteiger partial charge in [0.2, 0.25) is 0 Å². The molecule has 0 spiro atoms. The number of carbonyl (C=O) groups excluding carboxylic acids is 1. The molecule has 0 fully saturated rings. The van der Waals surface area contributed by atoms with Crippen molar-refractivity contribution in [2.45, 2.75) is 38.1 Å². The first-order valence-corrected chi connectivity index (χ1v) is 9.52. The van der Waals surface area contributed by atoms with Gasteiger partial charge in [-0.1, -0.05) is 44.5 Å². The van der Waals surface area contributed by atoms with Crippen LogP contribution in [0.5, 0.6) is 0 Å². The van der Waals surface area contributed by atoms with Gasteiger partial charge >= 0.3 is 0 Å². The van der Waals surface area contributed by atoms with E-state index in [2.05, 4.69) is 25.9 Å². The highest BCUT2D eigenvalue weighted by Gasteiger charge is 2.22. The second kappa shape index (κ2) is 6.93. The first-order valence-electron chi connectivity index (χ1n) is 8.16. The van der Waals surface area contributed by atoms with Crippen LogP contribution >= 0.6 is 23.4 Å². The average Bonchev–Trinajstić information content (AvgIpc) is 2.88. The van der Waals surface area contributed by atoms with Crippen molar-refractivity contribution in [2.75, 3.05) is 5.75 Å².